The molecule has 5 nitrogen and oxygen atoms in total. The predicted octanol–water partition coefficient (Wildman–Crippen LogP) is 5.33. The Hall–Kier alpha value is -3.03. The maximum Gasteiger partial charge on any atom is 0.393 e. The van der Waals surface area contributed by atoms with Crippen LogP contribution in [0.4, 0.5) is 28.9 Å². The van der Waals surface area contributed by atoms with Crippen LogP contribution < -0.4 is 15.4 Å². The normalized spacial score (nSPS) is 18.7. The van der Waals surface area contributed by atoms with Gasteiger partial charge in [0, 0.05) is 19.3 Å². The topological polar surface area (TPSA) is 49.4 Å². The maximum atomic E-state index is 14.6. The molecule has 0 spiro atoms. The first-order valence-corrected chi connectivity index (χ1v) is 12.0. The van der Waals surface area contributed by atoms with E-state index in [1.807, 2.05) is 11.9 Å². The number of anilines is 2. The van der Waals surface area contributed by atoms with Crippen LogP contribution in [0.2, 0.25) is 0 Å². The number of hydrogen-bond acceptors (Lipinski definition) is 6. The molecule has 1 saturated heterocycles. The van der Waals surface area contributed by atoms with Crippen LogP contribution in [0.3, 0.4) is 0 Å². The van der Waals surface area contributed by atoms with Crippen molar-refractivity contribution in [3.63, 3.8) is 0 Å². The van der Waals surface area contributed by atoms with Gasteiger partial charge in [0.2, 0.25) is 5.88 Å². The number of methoxy groups -OCH3 is 1. The molecule has 2 N–H and O–H groups in total. The van der Waals surface area contributed by atoms with Crippen LogP contribution in [0.25, 0.3) is 10.1 Å². The summed E-state index contributed by atoms with van der Waals surface area (Å²) in [7, 11) is 3.37. The Balaban J connectivity index is 1.62. The molecule has 4 rings (SSSR count). The van der Waals surface area contributed by atoms with Gasteiger partial charge in [0.1, 0.15) is 6.17 Å². The van der Waals surface area contributed by atoms with Crippen LogP contribution in [-0.4, -0.2) is 62.1 Å². The van der Waals surface area contributed by atoms with Gasteiger partial charge in [-0.05, 0) is 42.6 Å². The van der Waals surface area contributed by atoms with Crippen LogP contribution in [0.1, 0.15) is 16.9 Å². The molecule has 2 aromatic heterocycles. The fraction of sp³-hybridized carbons (Fsp3) is 0.400. The van der Waals surface area contributed by atoms with Crippen LogP contribution >= 0.6 is 11.3 Å². The predicted molar refractivity (Wildman–Crippen MR) is 132 cm³/mol. The number of halogens is 4. The minimum Gasteiger partial charge on any atom is -0.480 e. The van der Waals surface area contributed by atoms with Gasteiger partial charge in [0.15, 0.2) is 0 Å². The lowest BCUT2D eigenvalue weighted by Crippen LogP contribution is -2.46. The van der Waals surface area contributed by atoms with Gasteiger partial charge in [-0.1, -0.05) is 24.0 Å². The molecule has 1 aliphatic heterocycles. The van der Waals surface area contributed by atoms with E-state index < -0.39 is 24.8 Å². The molecule has 0 saturated carbocycles. The van der Waals surface area contributed by atoms with Crippen molar-refractivity contribution in [2.75, 3.05) is 44.4 Å². The molecule has 0 aliphatic carbocycles. The summed E-state index contributed by atoms with van der Waals surface area (Å²) in [4.78, 5) is 6.38. The van der Waals surface area contributed by atoms with Crippen molar-refractivity contribution < 1.29 is 22.3 Å². The lowest BCUT2D eigenvalue weighted by Gasteiger charge is -2.33. The number of benzene rings is 1. The van der Waals surface area contributed by atoms with Crippen molar-refractivity contribution in [3.05, 3.63) is 47.0 Å². The Morgan fingerprint density at radius 3 is 2.77 bits per heavy atom. The number of aromatic nitrogens is 1. The second kappa shape index (κ2) is 10.7. The molecule has 3 aromatic rings. The second-order valence-corrected chi connectivity index (χ2v) is 9.44. The molecular weight excluding hydrogens is 480 g/mol. The average Bonchev–Trinajstić information content (AvgIpc) is 3.15. The number of ether oxygens (including phenoxy) is 1. The number of nitrogens with zero attached hydrogens (tertiary/aromatic N) is 2. The van der Waals surface area contributed by atoms with E-state index in [4.69, 9.17) is 4.74 Å². The summed E-state index contributed by atoms with van der Waals surface area (Å²) in [5.41, 5.74) is 1.42. The summed E-state index contributed by atoms with van der Waals surface area (Å²) in [5.74, 6) is 6.24. The summed E-state index contributed by atoms with van der Waals surface area (Å²) >= 11 is 1.20. The molecule has 35 heavy (non-hydrogen) atoms. The number of alkyl halides is 4. The third-order valence-electron chi connectivity index (χ3n) is 5.81. The Morgan fingerprint density at radius 2 is 2.03 bits per heavy atom. The lowest BCUT2D eigenvalue weighted by molar-refractivity contribution is -0.126. The van der Waals surface area contributed by atoms with Gasteiger partial charge in [0.25, 0.3) is 0 Å². The second-order valence-electron chi connectivity index (χ2n) is 8.42. The number of nitrogens with one attached hydrogen (secondary N) is 2. The quantitative estimate of drug-likeness (QED) is 0.350. The van der Waals surface area contributed by atoms with E-state index in [9.17, 15) is 17.6 Å². The molecule has 10 heteroatoms. The van der Waals surface area contributed by atoms with Crippen LogP contribution in [0.15, 0.2) is 36.5 Å². The minimum atomic E-state index is -4.38. The summed E-state index contributed by atoms with van der Waals surface area (Å²) in [6, 6.07) is 8.29. The summed E-state index contributed by atoms with van der Waals surface area (Å²) < 4.78 is 60.7. The number of hydrogen-bond donors (Lipinski definition) is 2. The molecule has 2 atom stereocenters. The highest BCUT2D eigenvalue weighted by molar-refractivity contribution is 7.20. The van der Waals surface area contributed by atoms with Crippen LogP contribution in [-0.2, 0) is 6.42 Å². The Bertz CT molecular complexity index is 1230. The summed E-state index contributed by atoms with van der Waals surface area (Å²) in [5, 5.41) is 6.81. The molecule has 186 valence electrons. The summed E-state index contributed by atoms with van der Waals surface area (Å²) in [6.45, 7) is 1.28. The molecule has 0 amide bonds. The van der Waals surface area contributed by atoms with E-state index in [-0.39, 0.29) is 12.1 Å². The summed E-state index contributed by atoms with van der Waals surface area (Å²) in [6.07, 6.45) is -4.31. The van der Waals surface area contributed by atoms with Gasteiger partial charge < -0.3 is 20.3 Å². The van der Waals surface area contributed by atoms with Gasteiger partial charge in [-0.3, -0.25) is 0 Å². The SMILES string of the molecule is COc1ncccc1NCC#Cc1sc2c(N[C@@H]3CCN(C)C[C@@H]3F)cccc2c1CC(F)(F)F. The standard InChI is InChI=1S/C25H26F4N4OS/c1-33-13-10-19(18(26)15-33)32-20-7-3-6-16-17(14-25(27,28)29)22(35-23(16)20)9-5-11-30-21-8-4-12-31-24(21)34-2/h3-4,6-8,12,18-19,30,32H,10-11,13-15H2,1-2H3/t18-,19+/m0/s1. The molecule has 0 bridgehead atoms. The number of fused-ring (bicyclic) bond motifs is 1. The van der Waals surface area contributed by atoms with Crippen molar-refractivity contribution in [2.45, 2.75) is 31.2 Å². The Labute approximate surface area is 205 Å². The van der Waals surface area contributed by atoms with Crippen LogP contribution in [0.5, 0.6) is 5.88 Å². The number of pyridine rings is 1. The Morgan fingerprint density at radius 1 is 1.23 bits per heavy atom. The number of likely N-dealkylation sites (tertiary alicyclic amines) is 1. The zero-order valence-corrected chi connectivity index (χ0v) is 20.2. The van der Waals surface area contributed by atoms with E-state index in [0.717, 1.165) is 6.54 Å². The zero-order chi connectivity index (χ0) is 25.0. The fourth-order valence-corrected chi connectivity index (χ4v) is 5.30. The minimum absolute atomic E-state index is 0.146. The average molecular weight is 507 g/mol. The van der Waals surface area contributed by atoms with E-state index in [1.54, 1.807) is 36.5 Å². The molecule has 1 fully saturated rings. The number of thiophene rings is 1. The third-order valence-corrected chi connectivity index (χ3v) is 7.01. The highest BCUT2D eigenvalue weighted by atomic mass is 32.1. The lowest BCUT2D eigenvalue weighted by atomic mass is 10.0. The first kappa shape index (κ1) is 25.1. The van der Waals surface area contributed by atoms with Gasteiger partial charge in [-0.2, -0.15) is 13.2 Å². The highest BCUT2D eigenvalue weighted by Gasteiger charge is 2.32. The Kier molecular flexibility index (Phi) is 7.67. The molecule has 1 aromatic carbocycles. The largest absolute Gasteiger partial charge is 0.480 e. The van der Waals surface area contributed by atoms with Gasteiger partial charge in [-0.25, -0.2) is 9.37 Å². The molecule has 1 aliphatic rings. The van der Waals surface area contributed by atoms with E-state index in [0.29, 0.717) is 45.2 Å². The number of rotatable bonds is 6. The number of piperidine rings is 1. The van der Waals surface area contributed by atoms with Crippen molar-refractivity contribution in [1.29, 1.82) is 0 Å². The van der Waals surface area contributed by atoms with Gasteiger partial charge in [0.05, 0.1) is 47.1 Å². The first-order chi connectivity index (χ1) is 16.7. The molecule has 0 unspecified atom stereocenters. The van der Waals surface area contributed by atoms with E-state index in [2.05, 4.69) is 27.5 Å². The van der Waals surface area contributed by atoms with Crippen molar-refractivity contribution in [2.24, 2.45) is 0 Å². The fourth-order valence-electron chi connectivity index (χ4n) is 4.13. The smallest absolute Gasteiger partial charge is 0.393 e. The maximum absolute atomic E-state index is 14.6. The third kappa shape index (κ3) is 6.16. The van der Waals surface area contributed by atoms with Crippen molar-refractivity contribution in [3.8, 4) is 17.7 Å². The first-order valence-electron chi connectivity index (χ1n) is 11.2. The monoisotopic (exact) mass is 506 g/mol. The van der Waals surface area contributed by atoms with Gasteiger partial charge >= 0.3 is 6.18 Å². The van der Waals surface area contributed by atoms with Gasteiger partial charge in [-0.15, -0.1) is 11.3 Å². The van der Waals surface area contributed by atoms with Crippen LogP contribution in [0, 0.1) is 11.8 Å². The molecule has 0 radical (unpaired) electrons. The highest BCUT2D eigenvalue weighted by Crippen LogP contribution is 2.39. The zero-order valence-electron chi connectivity index (χ0n) is 19.4. The molecular formula is C25H26F4N4OS. The van der Waals surface area contributed by atoms with E-state index in [1.165, 1.54) is 18.4 Å². The molecule has 3 heterocycles. The van der Waals surface area contributed by atoms with Crippen molar-refractivity contribution in [1.82, 2.24) is 9.88 Å². The van der Waals surface area contributed by atoms with E-state index >= 15 is 0 Å². The van der Waals surface area contributed by atoms with Crippen molar-refractivity contribution >= 4 is 32.8 Å².